The lowest BCUT2D eigenvalue weighted by atomic mass is 9.88. The topological polar surface area (TPSA) is 47.9 Å². The van der Waals surface area contributed by atoms with Crippen LogP contribution in [-0.2, 0) is 0 Å². The van der Waals surface area contributed by atoms with Crippen molar-refractivity contribution in [1.29, 1.82) is 0 Å². The molecule has 248 valence electrons. The van der Waals surface area contributed by atoms with Gasteiger partial charge in [0.05, 0.1) is 0 Å². The van der Waals surface area contributed by atoms with Gasteiger partial charge in [0.2, 0.25) is 0 Å². The fourth-order valence-electron chi connectivity index (χ4n) is 7.41. The van der Waals surface area contributed by atoms with Gasteiger partial charge in [-0.05, 0) is 56.8 Å². The van der Waals surface area contributed by atoms with Crippen LogP contribution in [0, 0.1) is 0 Å². The lowest BCUT2D eigenvalue weighted by Gasteiger charge is -2.23. The first-order valence-electron chi connectivity index (χ1n) is 17.8. The summed E-state index contributed by atoms with van der Waals surface area (Å²) in [4.78, 5) is 15.2. The summed E-state index contributed by atoms with van der Waals surface area (Å²) in [5.74, 6) is 3.49. The molecule has 10 rings (SSSR count). The third-order valence-electron chi connectivity index (χ3n) is 9.93. The minimum Gasteiger partial charge on any atom is -0.455 e. The van der Waals surface area contributed by atoms with Crippen molar-refractivity contribution < 1.29 is 4.74 Å². The lowest BCUT2D eigenvalue weighted by Crippen LogP contribution is -2.01. The van der Waals surface area contributed by atoms with Crippen LogP contribution in [0.25, 0.3) is 89.4 Å². The van der Waals surface area contributed by atoms with Crippen LogP contribution >= 0.6 is 0 Å². The van der Waals surface area contributed by atoms with Crippen molar-refractivity contribution in [3.05, 3.63) is 188 Å². The van der Waals surface area contributed by atoms with Crippen LogP contribution in [0.15, 0.2) is 188 Å². The summed E-state index contributed by atoms with van der Waals surface area (Å²) in [5, 5.41) is 2.42. The second-order valence-corrected chi connectivity index (χ2v) is 13.2. The Balaban J connectivity index is 1.14. The number of ether oxygens (including phenoxy) is 1. The van der Waals surface area contributed by atoms with Gasteiger partial charge in [-0.3, -0.25) is 0 Å². The number of aromatic nitrogens is 3. The van der Waals surface area contributed by atoms with E-state index in [2.05, 4.69) is 146 Å². The molecule has 1 aliphatic rings. The smallest absolute Gasteiger partial charge is 0.164 e. The van der Waals surface area contributed by atoms with Crippen molar-refractivity contribution in [2.75, 3.05) is 0 Å². The monoisotopic (exact) mass is 677 g/mol. The number of nitrogens with zero attached hydrogens (tertiary/aromatic N) is 3. The number of para-hydroxylation sites is 2. The van der Waals surface area contributed by atoms with Crippen LogP contribution < -0.4 is 4.74 Å². The first-order valence-corrected chi connectivity index (χ1v) is 17.8. The second kappa shape index (κ2) is 12.9. The normalized spacial score (nSPS) is 11.5. The predicted molar refractivity (Wildman–Crippen MR) is 215 cm³/mol. The van der Waals surface area contributed by atoms with Crippen LogP contribution in [0.1, 0.15) is 0 Å². The third kappa shape index (κ3) is 5.54. The molecule has 0 aliphatic carbocycles. The fraction of sp³-hybridized carbons (Fsp3) is 0. The van der Waals surface area contributed by atoms with Gasteiger partial charge in [0.15, 0.2) is 17.5 Å². The molecule has 0 saturated carbocycles. The van der Waals surface area contributed by atoms with Crippen molar-refractivity contribution >= 4 is 10.8 Å². The highest BCUT2D eigenvalue weighted by atomic mass is 16.5. The van der Waals surface area contributed by atoms with Crippen molar-refractivity contribution in [3.63, 3.8) is 0 Å². The summed E-state index contributed by atoms with van der Waals surface area (Å²) in [7, 11) is 0. The Morgan fingerprint density at radius 2 is 0.755 bits per heavy atom. The molecular weight excluding hydrogens is 647 g/mol. The zero-order chi connectivity index (χ0) is 35.1. The van der Waals surface area contributed by atoms with E-state index in [1.54, 1.807) is 0 Å². The minimum atomic E-state index is 0.601. The molecule has 0 unspecified atom stereocenters. The van der Waals surface area contributed by atoms with Crippen LogP contribution in [-0.4, -0.2) is 15.0 Å². The van der Waals surface area contributed by atoms with Gasteiger partial charge in [-0.15, -0.1) is 0 Å². The molecule has 0 amide bonds. The molecule has 1 aliphatic heterocycles. The molecule has 1 aromatic heterocycles. The fourth-order valence-corrected chi connectivity index (χ4v) is 7.41. The average Bonchev–Trinajstić information content (AvgIpc) is 3.23. The summed E-state index contributed by atoms with van der Waals surface area (Å²) < 4.78 is 6.96. The summed E-state index contributed by atoms with van der Waals surface area (Å²) in [6.45, 7) is 0. The van der Waals surface area contributed by atoms with E-state index in [4.69, 9.17) is 19.7 Å². The van der Waals surface area contributed by atoms with E-state index >= 15 is 0 Å². The summed E-state index contributed by atoms with van der Waals surface area (Å²) in [5.41, 5.74) is 11.4. The average molecular weight is 678 g/mol. The highest BCUT2D eigenvalue weighted by Gasteiger charge is 2.23. The Hall–Kier alpha value is -7.17. The zero-order valence-electron chi connectivity index (χ0n) is 28.6. The van der Waals surface area contributed by atoms with Crippen molar-refractivity contribution in [2.24, 2.45) is 0 Å². The molecule has 0 bridgehead atoms. The molecule has 0 radical (unpaired) electrons. The zero-order valence-corrected chi connectivity index (χ0v) is 28.6. The molecule has 53 heavy (non-hydrogen) atoms. The highest BCUT2D eigenvalue weighted by molar-refractivity contribution is 6.09. The van der Waals surface area contributed by atoms with E-state index in [-0.39, 0.29) is 0 Å². The van der Waals surface area contributed by atoms with Gasteiger partial charge < -0.3 is 4.74 Å². The van der Waals surface area contributed by atoms with Gasteiger partial charge in [0.25, 0.3) is 0 Å². The van der Waals surface area contributed by atoms with E-state index in [1.165, 1.54) is 16.3 Å². The minimum absolute atomic E-state index is 0.601. The maximum absolute atomic E-state index is 6.96. The Morgan fingerprint density at radius 1 is 0.302 bits per heavy atom. The van der Waals surface area contributed by atoms with Crippen molar-refractivity contribution in [2.45, 2.75) is 0 Å². The first-order chi connectivity index (χ1) is 26.3. The van der Waals surface area contributed by atoms with Crippen molar-refractivity contribution in [1.82, 2.24) is 15.0 Å². The molecule has 4 heteroatoms. The Labute approximate surface area is 307 Å². The van der Waals surface area contributed by atoms with Crippen LogP contribution in [0.4, 0.5) is 0 Å². The van der Waals surface area contributed by atoms with Gasteiger partial charge in [0, 0.05) is 33.4 Å². The second-order valence-electron chi connectivity index (χ2n) is 13.2. The molecule has 0 fully saturated rings. The van der Waals surface area contributed by atoms with Crippen LogP contribution in [0.2, 0.25) is 0 Å². The molecule has 0 atom stereocenters. The number of benzene rings is 8. The quantitative estimate of drug-likeness (QED) is 0.182. The summed E-state index contributed by atoms with van der Waals surface area (Å²) in [6, 6.07) is 65.0. The van der Waals surface area contributed by atoms with E-state index in [1.807, 2.05) is 42.5 Å². The molecule has 2 heterocycles. The van der Waals surface area contributed by atoms with Gasteiger partial charge in [-0.2, -0.15) is 0 Å². The van der Waals surface area contributed by atoms with Gasteiger partial charge in [0.1, 0.15) is 11.5 Å². The summed E-state index contributed by atoms with van der Waals surface area (Å²) >= 11 is 0. The van der Waals surface area contributed by atoms with E-state index in [0.29, 0.717) is 17.5 Å². The van der Waals surface area contributed by atoms with E-state index in [0.717, 1.165) is 67.1 Å². The Morgan fingerprint density at radius 3 is 1.47 bits per heavy atom. The number of fused-ring (bicyclic) bond motifs is 4. The molecule has 0 saturated heterocycles. The van der Waals surface area contributed by atoms with Gasteiger partial charge in [-0.25, -0.2) is 15.0 Å². The number of hydrogen-bond acceptors (Lipinski definition) is 4. The largest absolute Gasteiger partial charge is 0.455 e. The predicted octanol–water partition coefficient (Wildman–Crippen LogP) is 12.8. The van der Waals surface area contributed by atoms with Crippen LogP contribution in [0.5, 0.6) is 11.5 Å². The van der Waals surface area contributed by atoms with Crippen molar-refractivity contribution in [3.8, 4) is 90.2 Å². The maximum atomic E-state index is 6.96. The molecule has 4 nitrogen and oxygen atoms in total. The first kappa shape index (κ1) is 30.6. The molecular formula is C49H31N3O. The number of rotatable bonds is 5. The van der Waals surface area contributed by atoms with E-state index < -0.39 is 0 Å². The highest BCUT2D eigenvalue weighted by Crippen LogP contribution is 2.50. The lowest BCUT2D eigenvalue weighted by molar-refractivity contribution is 0.488. The summed E-state index contributed by atoms with van der Waals surface area (Å²) in [6.07, 6.45) is 0. The van der Waals surface area contributed by atoms with Crippen LogP contribution in [0.3, 0.4) is 0 Å². The standard InChI is InChI=1S/C49H31N3O/c1-3-14-32(15-4-1)35-20-9-22-37(30-35)48-50-47(34-16-5-2-6-17-34)51-49(52-48)38-23-10-21-36(31-38)39-25-13-28-43-42-27-12-19-33-18-11-26-41(45(33)42)40-24-7-8-29-44(40)53-46(39)43/h1-31H. The molecule has 9 aromatic rings. The molecule has 0 spiro atoms. The van der Waals surface area contributed by atoms with Gasteiger partial charge in [-0.1, -0.05) is 170 Å². The molecule has 0 N–H and O–H groups in total. The van der Waals surface area contributed by atoms with Gasteiger partial charge >= 0.3 is 0 Å². The SMILES string of the molecule is c1ccc(-c2cccc(-c3nc(-c4ccccc4)nc(-c4cccc(-c5cccc6c5Oc5ccccc5-c5cccc7cccc-6c57)c4)n3)c2)cc1. The Kier molecular flexibility index (Phi) is 7.43. The maximum Gasteiger partial charge on any atom is 0.164 e. The molecule has 8 aromatic carbocycles. The van der Waals surface area contributed by atoms with E-state index in [9.17, 15) is 0 Å². The third-order valence-corrected chi connectivity index (χ3v) is 9.93. The Bertz CT molecular complexity index is 2810. The number of hydrogen-bond donors (Lipinski definition) is 0.